The summed E-state index contributed by atoms with van der Waals surface area (Å²) < 4.78 is 5.15. The summed E-state index contributed by atoms with van der Waals surface area (Å²) in [5.41, 5.74) is 1.32. The van der Waals surface area contributed by atoms with Gasteiger partial charge in [-0.15, -0.1) is 0 Å². The molecule has 0 amide bonds. The van der Waals surface area contributed by atoms with E-state index in [4.69, 9.17) is 4.74 Å². The van der Waals surface area contributed by atoms with E-state index in [1.165, 1.54) is 24.9 Å². The van der Waals surface area contributed by atoms with E-state index in [1.807, 2.05) is 6.92 Å². The summed E-state index contributed by atoms with van der Waals surface area (Å²) in [6.07, 6.45) is 4.24. The van der Waals surface area contributed by atoms with Gasteiger partial charge in [0.1, 0.15) is 0 Å². The summed E-state index contributed by atoms with van der Waals surface area (Å²) in [6, 6.07) is 11.2. The highest BCUT2D eigenvalue weighted by molar-refractivity contribution is 5.69. The van der Waals surface area contributed by atoms with Crippen molar-refractivity contribution >= 4 is 11.7 Å². The van der Waals surface area contributed by atoms with E-state index in [0.717, 1.165) is 26.2 Å². The lowest BCUT2D eigenvalue weighted by Gasteiger charge is -2.41. The number of rotatable bonds is 5. The van der Waals surface area contributed by atoms with Gasteiger partial charge in [0.15, 0.2) is 0 Å². The van der Waals surface area contributed by atoms with E-state index in [2.05, 4.69) is 40.1 Å². The molecule has 3 rings (SSSR count). The van der Waals surface area contributed by atoms with E-state index in [-0.39, 0.29) is 5.97 Å². The van der Waals surface area contributed by atoms with Crippen molar-refractivity contribution in [2.45, 2.75) is 38.6 Å². The summed E-state index contributed by atoms with van der Waals surface area (Å²) in [7, 11) is 0. The molecule has 2 aliphatic rings. The molecule has 1 aliphatic heterocycles. The first-order chi connectivity index (χ1) is 11.3. The van der Waals surface area contributed by atoms with Crippen LogP contribution in [0.25, 0.3) is 0 Å². The largest absolute Gasteiger partial charge is 0.466 e. The number of benzene rings is 1. The summed E-state index contributed by atoms with van der Waals surface area (Å²) in [6.45, 7) is 6.72. The van der Waals surface area contributed by atoms with Crippen molar-refractivity contribution < 1.29 is 9.53 Å². The number of hydrogen-bond donors (Lipinski definition) is 0. The van der Waals surface area contributed by atoms with Gasteiger partial charge in [-0.3, -0.25) is 9.69 Å². The molecular weight excluding hydrogens is 288 g/mol. The standard InChI is InChI=1S/C19H28N2O2/c1-2-23-19(22)15-16-7-6-10-18(16)21-13-11-20(12-14-21)17-8-4-3-5-9-17/h3-5,8-9,16,18H,2,6-7,10-15H2,1H3/t16-,18-/m0/s1. The van der Waals surface area contributed by atoms with Crippen molar-refractivity contribution in [3.63, 3.8) is 0 Å². The second-order valence-electron chi connectivity index (χ2n) is 6.63. The van der Waals surface area contributed by atoms with Crippen LogP contribution in [-0.2, 0) is 9.53 Å². The van der Waals surface area contributed by atoms with Gasteiger partial charge in [-0.05, 0) is 37.8 Å². The van der Waals surface area contributed by atoms with E-state index in [9.17, 15) is 4.79 Å². The molecule has 0 aromatic heterocycles. The molecule has 0 N–H and O–H groups in total. The van der Waals surface area contributed by atoms with Gasteiger partial charge in [0, 0.05) is 44.3 Å². The maximum Gasteiger partial charge on any atom is 0.306 e. The van der Waals surface area contributed by atoms with Crippen LogP contribution in [0.5, 0.6) is 0 Å². The smallest absolute Gasteiger partial charge is 0.306 e. The van der Waals surface area contributed by atoms with Crippen molar-refractivity contribution in [1.29, 1.82) is 0 Å². The van der Waals surface area contributed by atoms with E-state index in [0.29, 0.717) is 25.0 Å². The lowest BCUT2D eigenvalue weighted by molar-refractivity contribution is -0.144. The van der Waals surface area contributed by atoms with Crippen LogP contribution in [0.2, 0.25) is 0 Å². The zero-order chi connectivity index (χ0) is 16.1. The summed E-state index contributed by atoms with van der Waals surface area (Å²) in [5.74, 6) is 0.463. The summed E-state index contributed by atoms with van der Waals surface area (Å²) in [5, 5.41) is 0. The maximum atomic E-state index is 11.8. The SMILES string of the molecule is CCOC(=O)C[C@@H]1CCC[C@@H]1N1CCN(c2ccccc2)CC1. The van der Waals surface area contributed by atoms with Crippen LogP contribution in [0.4, 0.5) is 5.69 Å². The highest BCUT2D eigenvalue weighted by atomic mass is 16.5. The van der Waals surface area contributed by atoms with E-state index in [1.54, 1.807) is 0 Å². The normalized spacial score (nSPS) is 25.5. The Morgan fingerprint density at radius 2 is 1.87 bits per heavy atom. The molecule has 2 fully saturated rings. The molecule has 0 bridgehead atoms. The molecule has 1 saturated heterocycles. The Kier molecular flexibility index (Phi) is 5.55. The van der Waals surface area contributed by atoms with Crippen molar-refractivity contribution in [1.82, 2.24) is 4.90 Å². The van der Waals surface area contributed by atoms with E-state index >= 15 is 0 Å². The number of piperazine rings is 1. The molecule has 4 nitrogen and oxygen atoms in total. The minimum atomic E-state index is -0.0210. The minimum Gasteiger partial charge on any atom is -0.466 e. The Bertz CT molecular complexity index is 497. The van der Waals surface area contributed by atoms with Gasteiger partial charge < -0.3 is 9.64 Å². The minimum absolute atomic E-state index is 0.0210. The average molecular weight is 316 g/mol. The third kappa shape index (κ3) is 4.05. The first kappa shape index (κ1) is 16.3. The highest BCUT2D eigenvalue weighted by Crippen LogP contribution is 2.33. The van der Waals surface area contributed by atoms with Gasteiger partial charge in [-0.2, -0.15) is 0 Å². The van der Waals surface area contributed by atoms with Crippen LogP contribution >= 0.6 is 0 Å². The second kappa shape index (κ2) is 7.82. The number of hydrogen-bond acceptors (Lipinski definition) is 4. The Morgan fingerprint density at radius 1 is 1.13 bits per heavy atom. The second-order valence-corrected chi connectivity index (χ2v) is 6.63. The lowest BCUT2D eigenvalue weighted by Crippen LogP contribution is -2.51. The summed E-state index contributed by atoms with van der Waals surface area (Å²) >= 11 is 0. The first-order valence-corrected chi connectivity index (χ1v) is 8.97. The molecule has 0 radical (unpaired) electrons. The predicted octanol–water partition coefficient (Wildman–Crippen LogP) is 2.93. The lowest BCUT2D eigenvalue weighted by atomic mass is 9.97. The molecular formula is C19H28N2O2. The number of carbonyl (C=O) groups is 1. The van der Waals surface area contributed by atoms with Crippen LogP contribution in [0, 0.1) is 5.92 Å². The van der Waals surface area contributed by atoms with Gasteiger partial charge in [-0.1, -0.05) is 24.6 Å². The molecule has 0 spiro atoms. The quantitative estimate of drug-likeness (QED) is 0.782. The third-order valence-corrected chi connectivity index (χ3v) is 5.26. The number of para-hydroxylation sites is 1. The van der Waals surface area contributed by atoms with E-state index < -0.39 is 0 Å². The van der Waals surface area contributed by atoms with Gasteiger partial charge >= 0.3 is 5.97 Å². The number of esters is 1. The fourth-order valence-electron chi connectivity index (χ4n) is 4.12. The van der Waals surface area contributed by atoms with Gasteiger partial charge in [0.25, 0.3) is 0 Å². The zero-order valence-electron chi connectivity index (χ0n) is 14.1. The molecule has 1 aromatic carbocycles. The molecule has 126 valence electrons. The molecule has 1 aromatic rings. The predicted molar refractivity (Wildman–Crippen MR) is 92.6 cm³/mol. The van der Waals surface area contributed by atoms with Crippen molar-refractivity contribution in [3.8, 4) is 0 Å². The zero-order valence-corrected chi connectivity index (χ0v) is 14.1. The number of anilines is 1. The van der Waals surface area contributed by atoms with Gasteiger partial charge in [0.2, 0.25) is 0 Å². The Morgan fingerprint density at radius 3 is 2.57 bits per heavy atom. The molecule has 23 heavy (non-hydrogen) atoms. The number of ether oxygens (including phenoxy) is 1. The molecule has 1 heterocycles. The maximum absolute atomic E-state index is 11.8. The number of nitrogens with zero attached hydrogens (tertiary/aromatic N) is 2. The monoisotopic (exact) mass is 316 g/mol. The average Bonchev–Trinajstić information content (AvgIpc) is 3.04. The van der Waals surface area contributed by atoms with Crippen molar-refractivity contribution in [3.05, 3.63) is 30.3 Å². The van der Waals surface area contributed by atoms with Gasteiger partial charge in [0.05, 0.1) is 6.61 Å². The van der Waals surface area contributed by atoms with Crippen molar-refractivity contribution in [2.24, 2.45) is 5.92 Å². The van der Waals surface area contributed by atoms with Crippen LogP contribution in [0.3, 0.4) is 0 Å². The fourth-order valence-corrected chi connectivity index (χ4v) is 4.12. The van der Waals surface area contributed by atoms with Crippen LogP contribution in [-0.4, -0.2) is 49.7 Å². The highest BCUT2D eigenvalue weighted by Gasteiger charge is 2.35. The fraction of sp³-hybridized carbons (Fsp3) is 0.632. The molecule has 1 saturated carbocycles. The van der Waals surface area contributed by atoms with Crippen LogP contribution in [0.15, 0.2) is 30.3 Å². The molecule has 1 aliphatic carbocycles. The number of carbonyl (C=O) groups excluding carboxylic acids is 1. The van der Waals surface area contributed by atoms with Crippen molar-refractivity contribution in [2.75, 3.05) is 37.7 Å². The topological polar surface area (TPSA) is 32.8 Å². The third-order valence-electron chi connectivity index (χ3n) is 5.26. The van der Waals surface area contributed by atoms with Gasteiger partial charge in [-0.25, -0.2) is 0 Å². The first-order valence-electron chi connectivity index (χ1n) is 8.97. The van der Waals surface area contributed by atoms with Crippen LogP contribution in [0.1, 0.15) is 32.6 Å². The molecule has 4 heteroatoms. The summed E-state index contributed by atoms with van der Waals surface area (Å²) in [4.78, 5) is 16.9. The molecule has 2 atom stereocenters. The van der Waals surface area contributed by atoms with Crippen LogP contribution < -0.4 is 4.90 Å². The Hall–Kier alpha value is -1.55. The Labute approximate surface area is 139 Å². The molecule has 0 unspecified atom stereocenters. The Balaban J connectivity index is 1.53.